The van der Waals surface area contributed by atoms with E-state index in [0.29, 0.717) is 17.5 Å². The van der Waals surface area contributed by atoms with E-state index in [9.17, 15) is 0 Å². The summed E-state index contributed by atoms with van der Waals surface area (Å²) in [6.45, 7) is 4.00. The molecule has 6 nitrogen and oxygen atoms in total. The van der Waals surface area contributed by atoms with Crippen LogP contribution in [0.3, 0.4) is 0 Å². The predicted octanol–water partition coefficient (Wildman–Crippen LogP) is 4.43. The van der Waals surface area contributed by atoms with Crippen molar-refractivity contribution in [3.63, 3.8) is 0 Å². The van der Waals surface area contributed by atoms with Crippen molar-refractivity contribution in [2.24, 2.45) is 7.05 Å². The van der Waals surface area contributed by atoms with E-state index in [2.05, 4.69) is 15.3 Å². The first kappa shape index (κ1) is 17.0. The predicted molar refractivity (Wildman–Crippen MR) is 103 cm³/mol. The van der Waals surface area contributed by atoms with Crippen LogP contribution in [0.2, 0.25) is 0 Å². The Hall–Kier alpha value is -3.41. The molecule has 2 aromatic carbocycles. The van der Waals surface area contributed by atoms with Gasteiger partial charge < -0.3 is 9.15 Å². The van der Waals surface area contributed by atoms with Gasteiger partial charge in [0.25, 0.3) is 5.89 Å². The maximum absolute atomic E-state index is 5.90. The van der Waals surface area contributed by atoms with Crippen molar-refractivity contribution in [3.8, 4) is 40.0 Å². The zero-order valence-corrected chi connectivity index (χ0v) is 15.7. The Morgan fingerprint density at radius 1 is 0.889 bits per heavy atom. The normalized spacial score (nSPS) is 11.0. The van der Waals surface area contributed by atoms with Crippen LogP contribution < -0.4 is 4.74 Å². The topological polar surface area (TPSA) is 66.0 Å². The van der Waals surface area contributed by atoms with Gasteiger partial charge in [0.15, 0.2) is 0 Å². The third kappa shape index (κ3) is 3.10. The summed E-state index contributed by atoms with van der Waals surface area (Å²) in [7, 11) is 3.57. The molecule has 0 fully saturated rings. The monoisotopic (exact) mass is 360 g/mol. The zero-order chi connectivity index (χ0) is 19.0. The summed E-state index contributed by atoms with van der Waals surface area (Å²) in [5, 5.41) is 12.9. The standard InChI is InChI=1S/C21H20N4O2/c1-13-10-16(11-14(2)19(13)26-4)20-22-23-21(27-20)17-12-18(25(3)24-17)15-8-6-5-7-9-15/h5-12H,1-4H3. The number of hydrogen-bond donors (Lipinski definition) is 0. The van der Waals surface area contributed by atoms with Gasteiger partial charge in [-0.2, -0.15) is 5.10 Å². The fourth-order valence-electron chi connectivity index (χ4n) is 3.29. The molecule has 0 atom stereocenters. The summed E-state index contributed by atoms with van der Waals surface area (Å²) in [5.74, 6) is 1.73. The third-order valence-corrected chi connectivity index (χ3v) is 4.50. The molecule has 0 radical (unpaired) electrons. The van der Waals surface area contributed by atoms with Crippen LogP contribution >= 0.6 is 0 Å². The highest BCUT2D eigenvalue weighted by Crippen LogP contribution is 2.31. The smallest absolute Gasteiger partial charge is 0.268 e. The van der Waals surface area contributed by atoms with E-state index in [4.69, 9.17) is 9.15 Å². The number of benzene rings is 2. The van der Waals surface area contributed by atoms with E-state index in [0.717, 1.165) is 33.7 Å². The van der Waals surface area contributed by atoms with Gasteiger partial charge in [-0.15, -0.1) is 10.2 Å². The second-order valence-electron chi connectivity index (χ2n) is 6.46. The molecule has 0 bridgehead atoms. The lowest BCUT2D eigenvalue weighted by Gasteiger charge is -2.09. The van der Waals surface area contributed by atoms with Gasteiger partial charge in [0.05, 0.1) is 12.8 Å². The van der Waals surface area contributed by atoms with Gasteiger partial charge in [-0.05, 0) is 48.7 Å². The molecule has 0 saturated heterocycles. The molecule has 0 unspecified atom stereocenters. The Labute approximate surface area is 157 Å². The largest absolute Gasteiger partial charge is 0.496 e. The lowest BCUT2D eigenvalue weighted by Crippen LogP contribution is -1.93. The molecular formula is C21H20N4O2. The van der Waals surface area contributed by atoms with E-state index < -0.39 is 0 Å². The number of methoxy groups -OCH3 is 1. The molecule has 0 N–H and O–H groups in total. The minimum atomic E-state index is 0.397. The van der Waals surface area contributed by atoms with E-state index in [1.54, 1.807) is 7.11 Å². The van der Waals surface area contributed by atoms with Gasteiger partial charge in [0, 0.05) is 12.6 Å². The number of nitrogens with zero attached hydrogens (tertiary/aromatic N) is 4. The average molecular weight is 360 g/mol. The van der Waals surface area contributed by atoms with Gasteiger partial charge in [-0.1, -0.05) is 30.3 Å². The molecule has 2 aromatic heterocycles. The van der Waals surface area contributed by atoms with Gasteiger partial charge in [-0.3, -0.25) is 4.68 Å². The Morgan fingerprint density at radius 2 is 1.56 bits per heavy atom. The van der Waals surface area contributed by atoms with E-state index in [1.807, 2.05) is 74.1 Å². The molecule has 136 valence electrons. The molecule has 2 heterocycles. The van der Waals surface area contributed by atoms with Crippen molar-refractivity contribution >= 4 is 0 Å². The zero-order valence-electron chi connectivity index (χ0n) is 15.7. The molecule has 0 amide bonds. The highest BCUT2D eigenvalue weighted by Gasteiger charge is 2.17. The number of ether oxygens (including phenoxy) is 1. The van der Waals surface area contributed by atoms with Crippen LogP contribution in [0.1, 0.15) is 11.1 Å². The Balaban J connectivity index is 1.70. The molecule has 0 spiro atoms. The van der Waals surface area contributed by atoms with Crippen LogP contribution in [0.25, 0.3) is 34.3 Å². The molecular weight excluding hydrogens is 340 g/mol. The van der Waals surface area contributed by atoms with Crippen molar-refractivity contribution < 1.29 is 9.15 Å². The summed E-state index contributed by atoms with van der Waals surface area (Å²) in [6.07, 6.45) is 0. The molecule has 4 rings (SSSR count). The fraction of sp³-hybridized carbons (Fsp3) is 0.190. The Morgan fingerprint density at radius 3 is 2.22 bits per heavy atom. The summed E-state index contributed by atoms with van der Waals surface area (Å²) < 4.78 is 13.1. The first-order chi connectivity index (χ1) is 13.1. The maximum Gasteiger partial charge on any atom is 0.268 e. The Kier molecular flexibility index (Phi) is 4.24. The molecule has 0 saturated carbocycles. The van der Waals surface area contributed by atoms with E-state index in [-0.39, 0.29) is 0 Å². The van der Waals surface area contributed by atoms with Crippen molar-refractivity contribution in [2.45, 2.75) is 13.8 Å². The van der Waals surface area contributed by atoms with Crippen LogP contribution in [0, 0.1) is 13.8 Å². The first-order valence-electron chi connectivity index (χ1n) is 8.65. The molecule has 0 aliphatic heterocycles. The minimum Gasteiger partial charge on any atom is -0.496 e. The van der Waals surface area contributed by atoms with Crippen LogP contribution in [-0.4, -0.2) is 27.1 Å². The number of rotatable bonds is 4. The SMILES string of the molecule is COc1c(C)cc(-c2nnc(-c3cc(-c4ccccc4)n(C)n3)o2)cc1C. The molecule has 6 heteroatoms. The van der Waals surface area contributed by atoms with Gasteiger partial charge in [0.1, 0.15) is 11.4 Å². The average Bonchev–Trinajstić information content (AvgIpc) is 3.29. The first-order valence-corrected chi connectivity index (χ1v) is 8.65. The molecule has 0 aliphatic carbocycles. The lowest BCUT2D eigenvalue weighted by atomic mass is 10.1. The summed E-state index contributed by atoms with van der Waals surface area (Å²) in [4.78, 5) is 0. The van der Waals surface area contributed by atoms with Crippen molar-refractivity contribution in [1.29, 1.82) is 0 Å². The van der Waals surface area contributed by atoms with Gasteiger partial charge >= 0.3 is 0 Å². The van der Waals surface area contributed by atoms with Crippen LogP contribution in [0.4, 0.5) is 0 Å². The summed E-state index contributed by atoms with van der Waals surface area (Å²) in [5.41, 5.74) is 5.63. The Bertz CT molecular complexity index is 1070. The van der Waals surface area contributed by atoms with Gasteiger partial charge in [0.2, 0.25) is 5.89 Å². The number of hydrogen-bond acceptors (Lipinski definition) is 5. The lowest BCUT2D eigenvalue weighted by molar-refractivity contribution is 0.408. The van der Waals surface area contributed by atoms with E-state index >= 15 is 0 Å². The van der Waals surface area contributed by atoms with Crippen LogP contribution in [0.15, 0.2) is 52.9 Å². The maximum atomic E-state index is 5.90. The van der Waals surface area contributed by atoms with Gasteiger partial charge in [-0.25, -0.2) is 0 Å². The van der Waals surface area contributed by atoms with E-state index in [1.165, 1.54) is 0 Å². The third-order valence-electron chi connectivity index (χ3n) is 4.50. The molecule has 0 aliphatic rings. The number of aromatic nitrogens is 4. The van der Waals surface area contributed by atoms with Crippen LogP contribution in [0.5, 0.6) is 5.75 Å². The number of aryl methyl sites for hydroxylation is 3. The quantitative estimate of drug-likeness (QED) is 0.539. The van der Waals surface area contributed by atoms with Crippen molar-refractivity contribution in [1.82, 2.24) is 20.0 Å². The van der Waals surface area contributed by atoms with Crippen LogP contribution in [-0.2, 0) is 7.05 Å². The molecule has 27 heavy (non-hydrogen) atoms. The highest BCUT2D eigenvalue weighted by molar-refractivity contribution is 5.66. The van der Waals surface area contributed by atoms with Crippen molar-refractivity contribution in [2.75, 3.05) is 7.11 Å². The fourth-order valence-corrected chi connectivity index (χ4v) is 3.29. The minimum absolute atomic E-state index is 0.397. The van der Waals surface area contributed by atoms with Crippen molar-refractivity contribution in [3.05, 3.63) is 59.7 Å². The summed E-state index contributed by atoms with van der Waals surface area (Å²) in [6, 6.07) is 16.0. The molecule has 4 aromatic rings. The second kappa shape index (κ2) is 6.72. The summed E-state index contributed by atoms with van der Waals surface area (Å²) >= 11 is 0. The second-order valence-corrected chi connectivity index (χ2v) is 6.46. The highest BCUT2D eigenvalue weighted by atomic mass is 16.5.